The lowest BCUT2D eigenvalue weighted by Gasteiger charge is -2.26. The molecule has 2 amide bonds. The van der Waals surface area contributed by atoms with Gasteiger partial charge in [-0.1, -0.05) is 18.9 Å². The van der Waals surface area contributed by atoms with Crippen LogP contribution in [0.2, 0.25) is 0 Å². The van der Waals surface area contributed by atoms with Gasteiger partial charge < -0.3 is 19.4 Å². The topological polar surface area (TPSA) is 71.8 Å². The summed E-state index contributed by atoms with van der Waals surface area (Å²) in [5, 5.41) is 3.03. The average Bonchev–Trinajstić information content (AvgIpc) is 3.54. The van der Waals surface area contributed by atoms with Crippen LogP contribution >= 0.6 is 0 Å². The van der Waals surface area contributed by atoms with Gasteiger partial charge in [-0.05, 0) is 61.4 Å². The first-order valence-electron chi connectivity index (χ1n) is 11.6. The number of hydrogen-bond donors (Lipinski definition) is 1. The molecule has 33 heavy (non-hydrogen) atoms. The number of methoxy groups -OCH3 is 1. The largest absolute Gasteiger partial charge is 0.497 e. The third kappa shape index (κ3) is 4.51. The number of anilines is 1. The van der Waals surface area contributed by atoms with E-state index in [0.29, 0.717) is 30.8 Å². The Morgan fingerprint density at radius 3 is 2.61 bits per heavy atom. The fourth-order valence-electron chi connectivity index (χ4n) is 4.74. The van der Waals surface area contributed by atoms with E-state index in [1.165, 1.54) is 0 Å². The molecular formula is C27H28N2O4. The van der Waals surface area contributed by atoms with Gasteiger partial charge in [0.25, 0.3) is 5.91 Å². The molecule has 1 aliphatic heterocycles. The Labute approximate surface area is 193 Å². The highest BCUT2D eigenvalue weighted by Gasteiger charge is 2.26. The first kappa shape index (κ1) is 21.3. The molecule has 6 heteroatoms. The van der Waals surface area contributed by atoms with Crippen molar-refractivity contribution in [2.75, 3.05) is 19.0 Å². The normalized spacial score (nSPS) is 15.8. The second-order valence-electron chi connectivity index (χ2n) is 8.82. The zero-order valence-corrected chi connectivity index (χ0v) is 18.8. The van der Waals surface area contributed by atoms with Gasteiger partial charge in [0.15, 0.2) is 0 Å². The van der Waals surface area contributed by atoms with E-state index in [1.54, 1.807) is 13.2 Å². The van der Waals surface area contributed by atoms with E-state index in [9.17, 15) is 9.59 Å². The van der Waals surface area contributed by atoms with Crippen LogP contribution in [0.25, 0.3) is 11.3 Å². The van der Waals surface area contributed by atoms with E-state index in [4.69, 9.17) is 9.15 Å². The number of rotatable bonds is 5. The van der Waals surface area contributed by atoms with E-state index in [1.807, 2.05) is 53.4 Å². The summed E-state index contributed by atoms with van der Waals surface area (Å²) in [7, 11) is 1.60. The summed E-state index contributed by atoms with van der Waals surface area (Å²) in [6.45, 7) is 1.13. The summed E-state index contributed by atoms with van der Waals surface area (Å²) in [4.78, 5) is 27.2. The molecular weight excluding hydrogens is 416 g/mol. The smallest absolute Gasteiger partial charge is 0.254 e. The predicted octanol–water partition coefficient (Wildman–Crippen LogP) is 5.28. The van der Waals surface area contributed by atoms with E-state index < -0.39 is 0 Å². The zero-order valence-electron chi connectivity index (χ0n) is 18.8. The molecule has 0 saturated heterocycles. The standard InChI is InChI=1S/C27H28N2O4/c1-32-23-8-4-7-20(15-23)27(31)29-14-13-24-21(17-29)16-25(33-24)18-9-11-22(12-10-18)28-26(30)19-5-2-3-6-19/h4,7-12,15-16,19H,2-3,5-6,13-14,17H2,1H3,(H,28,30). The van der Waals surface area contributed by atoms with Gasteiger partial charge in [0.05, 0.1) is 7.11 Å². The number of ether oxygens (including phenoxy) is 1. The Morgan fingerprint density at radius 1 is 1.06 bits per heavy atom. The highest BCUT2D eigenvalue weighted by atomic mass is 16.5. The van der Waals surface area contributed by atoms with Crippen LogP contribution in [0.5, 0.6) is 5.75 Å². The zero-order chi connectivity index (χ0) is 22.8. The highest BCUT2D eigenvalue weighted by Crippen LogP contribution is 2.31. The molecule has 2 aliphatic rings. The summed E-state index contributed by atoms with van der Waals surface area (Å²) < 4.78 is 11.4. The monoisotopic (exact) mass is 444 g/mol. The maximum atomic E-state index is 13.0. The molecule has 2 aromatic carbocycles. The van der Waals surface area contributed by atoms with Gasteiger partial charge >= 0.3 is 0 Å². The molecule has 1 aromatic heterocycles. The van der Waals surface area contributed by atoms with E-state index >= 15 is 0 Å². The second-order valence-corrected chi connectivity index (χ2v) is 8.82. The van der Waals surface area contributed by atoms with Crippen LogP contribution in [0.1, 0.15) is 47.4 Å². The van der Waals surface area contributed by atoms with Gasteiger partial charge in [-0.15, -0.1) is 0 Å². The van der Waals surface area contributed by atoms with Crippen LogP contribution in [0, 0.1) is 5.92 Å². The number of amides is 2. The Kier molecular flexibility index (Phi) is 5.90. The number of benzene rings is 2. The van der Waals surface area contributed by atoms with Gasteiger partial charge in [-0.25, -0.2) is 0 Å². The number of nitrogens with one attached hydrogen (secondary N) is 1. The minimum absolute atomic E-state index is 0.00958. The quantitative estimate of drug-likeness (QED) is 0.581. The summed E-state index contributed by atoms with van der Waals surface area (Å²) in [5.41, 5.74) is 3.42. The third-order valence-corrected chi connectivity index (χ3v) is 6.63. The van der Waals surface area contributed by atoms with Crippen LogP contribution in [0.15, 0.2) is 59.0 Å². The molecule has 0 spiro atoms. The highest BCUT2D eigenvalue weighted by molar-refractivity contribution is 5.95. The van der Waals surface area contributed by atoms with Crippen molar-refractivity contribution in [1.82, 2.24) is 4.90 Å². The first-order chi connectivity index (χ1) is 16.1. The maximum absolute atomic E-state index is 13.0. The van der Waals surface area contributed by atoms with Gasteiger partial charge in [0.2, 0.25) is 5.91 Å². The Morgan fingerprint density at radius 2 is 1.85 bits per heavy atom. The molecule has 0 unspecified atom stereocenters. The molecule has 5 rings (SSSR count). The Hall–Kier alpha value is -3.54. The molecule has 1 fully saturated rings. The van der Waals surface area contributed by atoms with Crippen molar-refractivity contribution in [3.63, 3.8) is 0 Å². The maximum Gasteiger partial charge on any atom is 0.254 e. The molecule has 1 saturated carbocycles. The number of fused-ring (bicyclic) bond motifs is 1. The van der Waals surface area contributed by atoms with Crippen molar-refractivity contribution in [1.29, 1.82) is 0 Å². The van der Waals surface area contributed by atoms with E-state index in [-0.39, 0.29) is 17.7 Å². The van der Waals surface area contributed by atoms with Crippen molar-refractivity contribution in [2.24, 2.45) is 5.92 Å². The molecule has 0 bridgehead atoms. The lowest BCUT2D eigenvalue weighted by atomic mass is 10.1. The minimum atomic E-state index is -0.00958. The first-order valence-corrected chi connectivity index (χ1v) is 11.6. The fraction of sp³-hybridized carbons (Fsp3) is 0.333. The summed E-state index contributed by atoms with van der Waals surface area (Å²) in [5.74, 6) is 2.64. The van der Waals surface area contributed by atoms with Crippen molar-refractivity contribution in [3.8, 4) is 17.1 Å². The van der Waals surface area contributed by atoms with Gasteiger partial charge in [0, 0.05) is 47.8 Å². The Bertz CT molecular complexity index is 1160. The van der Waals surface area contributed by atoms with Crippen LogP contribution in [-0.4, -0.2) is 30.4 Å². The number of hydrogen-bond acceptors (Lipinski definition) is 4. The van der Waals surface area contributed by atoms with Gasteiger partial charge in [-0.2, -0.15) is 0 Å². The molecule has 3 aromatic rings. The van der Waals surface area contributed by atoms with Gasteiger partial charge in [0.1, 0.15) is 17.3 Å². The summed E-state index contributed by atoms with van der Waals surface area (Å²) in [6.07, 6.45) is 4.94. The predicted molar refractivity (Wildman–Crippen MR) is 126 cm³/mol. The van der Waals surface area contributed by atoms with E-state index in [0.717, 1.165) is 54.0 Å². The molecule has 2 heterocycles. The summed E-state index contributed by atoms with van der Waals surface area (Å²) in [6, 6.07) is 17.0. The van der Waals surface area contributed by atoms with E-state index in [2.05, 4.69) is 5.32 Å². The number of carbonyl (C=O) groups excluding carboxylic acids is 2. The number of furan rings is 1. The number of nitrogens with zero attached hydrogens (tertiary/aromatic N) is 1. The van der Waals surface area contributed by atoms with Crippen molar-refractivity contribution in [3.05, 3.63) is 71.5 Å². The SMILES string of the molecule is COc1cccc(C(=O)N2CCc3oc(-c4ccc(NC(=O)C5CCCC5)cc4)cc3C2)c1. The average molecular weight is 445 g/mol. The van der Waals surface area contributed by atoms with Crippen LogP contribution in [0.4, 0.5) is 5.69 Å². The summed E-state index contributed by atoms with van der Waals surface area (Å²) >= 11 is 0. The van der Waals surface area contributed by atoms with Crippen molar-refractivity contribution in [2.45, 2.75) is 38.6 Å². The molecule has 0 atom stereocenters. The lowest BCUT2D eigenvalue weighted by molar-refractivity contribution is -0.119. The van der Waals surface area contributed by atoms with Crippen LogP contribution < -0.4 is 10.1 Å². The molecule has 1 aliphatic carbocycles. The van der Waals surface area contributed by atoms with Crippen LogP contribution in [0.3, 0.4) is 0 Å². The molecule has 0 radical (unpaired) electrons. The minimum Gasteiger partial charge on any atom is -0.497 e. The van der Waals surface area contributed by atoms with Crippen LogP contribution in [-0.2, 0) is 17.8 Å². The van der Waals surface area contributed by atoms with Gasteiger partial charge in [-0.3, -0.25) is 9.59 Å². The molecule has 170 valence electrons. The molecule has 1 N–H and O–H groups in total. The lowest BCUT2D eigenvalue weighted by Crippen LogP contribution is -2.35. The number of carbonyl (C=O) groups is 2. The third-order valence-electron chi connectivity index (χ3n) is 6.63. The molecule has 6 nitrogen and oxygen atoms in total. The van der Waals surface area contributed by atoms with Crippen molar-refractivity contribution >= 4 is 17.5 Å². The fourth-order valence-corrected chi connectivity index (χ4v) is 4.74. The Balaban J connectivity index is 1.26. The van der Waals surface area contributed by atoms with Crippen molar-refractivity contribution < 1.29 is 18.7 Å². The second kappa shape index (κ2) is 9.14.